The van der Waals surface area contributed by atoms with Crippen LogP contribution in [0.5, 0.6) is 11.5 Å². The first-order valence-electron chi connectivity index (χ1n) is 12.1. The molecule has 1 aliphatic carbocycles. The number of aryl methyl sites for hydroxylation is 2. The predicted molar refractivity (Wildman–Crippen MR) is 145 cm³/mol. The molecule has 7 nitrogen and oxygen atoms in total. The summed E-state index contributed by atoms with van der Waals surface area (Å²) in [5, 5.41) is 4.14. The number of anilines is 1. The van der Waals surface area contributed by atoms with Crippen LogP contribution in [0.25, 0.3) is 11.8 Å². The zero-order valence-corrected chi connectivity index (χ0v) is 22.6. The topological polar surface area (TPSA) is 104 Å². The van der Waals surface area contributed by atoms with Crippen LogP contribution in [0.1, 0.15) is 38.2 Å². The number of nitrogens with two attached hydrogens (primary N) is 1. The molecule has 40 heavy (non-hydrogen) atoms. The van der Waals surface area contributed by atoms with E-state index in [4.69, 9.17) is 10.5 Å². The van der Waals surface area contributed by atoms with Crippen molar-refractivity contribution < 1.29 is 31.1 Å². The molecule has 0 saturated heterocycles. The van der Waals surface area contributed by atoms with Crippen molar-refractivity contribution in [2.24, 2.45) is 0 Å². The molecule has 0 aliphatic heterocycles. The minimum absolute atomic E-state index is 0.0339. The van der Waals surface area contributed by atoms with Gasteiger partial charge < -0.3 is 10.5 Å². The highest BCUT2D eigenvalue weighted by Gasteiger charge is 2.26. The number of nitrogen functional groups attached to an aromatic ring is 1. The smallest absolute Gasteiger partial charge is 0.201 e. The van der Waals surface area contributed by atoms with Crippen molar-refractivity contribution in [3.05, 3.63) is 105 Å². The molecule has 0 radical (unpaired) electrons. The van der Waals surface area contributed by atoms with Crippen molar-refractivity contribution in [3.8, 4) is 17.2 Å². The molecule has 0 spiro atoms. The average molecular weight is 568 g/mol. The van der Waals surface area contributed by atoms with E-state index >= 15 is 4.39 Å². The fourth-order valence-corrected chi connectivity index (χ4v) is 5.62. The van der Waals surface area contributed by atoms with Gasteiger partial charge in [-0.1, -0.05) is 18.2 Å². The summed E-state index contributed by atoms with van der Waals surface area (Å²) in [6.07, 6.45) is 4.44. The third kappa shape index (κ3) is 5.12. The van der Waals surface area contributed by atoms with Gasteiger partial charge in [0.25, 0.3) is 0 Å². The molecule has 0 fully saturated rings. The van der Waals surface area contributed by atoms with Gasteiger partial charge in [0.05, 0.1) is 17.5 Å². The van der Waals surface area contributed by atoms with E-state index in [1.807, 2.05) is 13.0 Å². The lowest BCUT2D eigenvalue weighted by molar-refractivity contribution is 0.103. The summed E-state index contributed by atoms with van der Waals surface area (Å²) >= 11 is 0. The van der Waals surface area contributed by atoms with Crippen molar-refractivity contribution in [3.63, 3.8) is 0 Å². The first-order chi connectivity index (χ1) is 18.8. The number of aromatic nitrogens is 2. The molecule has 0 unspecified atom stereocenters. The van der Waals surface area contributed by atoms with Crippen molar-refractivity contribution in [2.45, 2.75) is 26.0 Å². The summed E-state index contributed by atoms with van der Waals surface area (Å²) in [4.78, 5) is 13.4. The normalized spacial score (nSPS) is 12.8. The molecule has 2 N–H and O–H groups in total. The van der Waals surface area contributed by atoms with Crippen LogP contribution in [0.15, 0.2) is 54.2 Å². The van der Waals surface area contributed by atoms with E-state index < -0.39 is 33.0 Å². The van der Waals surface area contributed by atoms with Crippen LogP contribution in [-0.2, 0) is 22.0 Å². The number of hydrogen-bond donors (Lipinski definition) is 1. The maximum Gasteiger partial charge on any atom is 0.201 e. The molecule has 0 bridgehead atoms. The molecular weight excluding hydrogens is 543 g/mol. The van der Waals surface area contributed by atoms with Gasteiger partial charge in [0.1, 0.15) is 17.3 Å². The molecule has 3 aromatic carbocycles. The van der Waals surface area contributed by atoms with Gasteiger partial charge in [-0.3, -0.25) is 4.79 Å². The molecule has 0 saturated carbocycles. The number of carbonyl (C=O) groups is 1. The molecule has 0 atom stereocenters. The number of sulfone groups is 1. The molecule has 11 heteroatoms. The summed E-state index contributed by atoms with van der Waals surface area (Å²) in [5.74, 6) is -4.13. The van der Waals surface area contributed by atoms with Crippen LogP contribution >= 0.6 is 0 Å². The molecule has 1 aliphatic rings. The molecular formula is C29H24F3N3O4S. The van der Waals surface area contributed by atoms with Crippen molar-refractivity contribution in [2.75, 3.05) is 12.0 Å². The first kappa shape index (κ1) is 27.2. The zero-order valence-electron chi connectivity index (χ0n) is 21.8. The Morgan fingerprint density at radius 3 is 2.52 bits per heavy atom. The third-order valence-corrected chi connectivity index (χ3v) is 7.49. The average Bonchev–Trinajstić information content (AvgIpc) is 3.44. The molecule has 206 valence electrons. The van der Waals surface area contributed by atoms with Gasteiger partial charge in [0.2, 0.25) is 5.82 Å². The second-order valence-corrected chi connectivity index (χ2v) is 11.9. The number of fused-ring (bicyclic) bond motifs is 1. The predicted octanol–water partition coefficient (Wildman–Crippen LogP) is 5.65. The van der Waals surface area contributed by atoms with Crippen LogP contribution < -0.4 is 10.5 Å². The number of hydrogen-bond acceptors (Lipinski definition) is 6. The Morgan fingerprint density at radius 1 is 1.07 bits per heavy atom. The van der Waals surface area contributed by atoms with Gasteiger partial charge in [0, 0.05) is 24.3 Å². The van der Waals surface area contributed by atoms with E-state index in [-0.39, 0.29) is 40.8 Å². The van der Waals surface area contributed by atoms with Crippen LogP contribution in [-0.4, -0.2) is 30.2 Å². The number of halogens is 3. The van der Waals surface area contributed by atoms with Gasteiger partial charge in [-0.15, -0.1) is 0 Å². The summed E-state index contributed by atoms with van der Waals surface area (Å²) in [5.41, 5.74) is 10.2. The van der Waals surface area contributed by atoms with E-state index in [2.05, 4.69) is 5.10 Å². The van der Waals surface area contributed by atoms with Crippen LogP contribution in [0.4, 0.5) is 19.0 Å². The Bertz CT molecular complexity index is 1820. The van der Waals surface area contributed by atoms with Crippen molar-refractivity contribution in [1.29, 1.82) is 0 Å². The number of ketones is 1. The maximum absolute atomic E-state index is 15.2. The largest absolute Gasteiger partial charge is 0.454 e. The molecule has 1 aromatic heterocycles. The fourth-order valence-electron chi connectivity index (χ4n) is 4.75. The molecule has 5 rings (SSSR count). The highest BCUT2D eigenvalue weighted by Crippen LogP contribution is 2.34. The highest BCUT2D eigenvalue weighted by atomic mass is 32.2. The summed E-state index contributed by atoms with van der Waals surface area (Å²) in [6.45, 7) is 3.38. The highest BCUT2D eigenvalue weighted by molar-refractivity contribution is 7.89. The number of allylic oxidation sites excluding steroid dienone is 1. The van der Waals surface area contributed by atoms with E-state index in [0.717, 1.165) is 33.5 Å². The van der Waals surface area contributed by atoms with Crippen LogP contribution in [0.3, 0.4) is 0 Å². The van der Waals surface area contributed by atoms with Crippen LogP contribution in [0.2, 0.25) is 0 Å². The Hall–Kier alpha value is -4.38. The van der Waals surface area contributed by atoms with E-state index in [0.29, 0.717) is 16.7 Å². The lowest BCUT2D eigenvalue weighted by Gasteiger charge is -2.13. The van der Waals surface area contributed by atoms with E-state index in [1.54, 1.807) is 19.1 Å². The summed E-state index contributed by atoms with van der Waals surface area (Å²) < 4.78 is 72.8. The third-order valence-electron chi connectivity index (χ3n) is 6.65. The summed E-state index contributed by atoms with van der Waals surface area (Å²) in [6, 6.07) is 9.47. The van der Waals surface area contributed by atoms with Crippen molar-refractivity contribution >= 4 is 27.5 Å². The minimum atomic E-state index is -3.23. The number of rotatable bonds is 7. The standard InChI is InChI=1S/C29H24F3N3O4S/c1-15-7-17-9-19(10-18(17)11-20(15)14-40(3,37)38)28(36)22-13-34-35(29(22)33)27-16(2)8-21(12-24(27)31)39-25-6-4-5-23(30)26(25)32/h4-9,11-13H,10,14,33H2,1-3H3. The van der Waals surface area contributed by atoms with Crippen LogP contribution in [0, 0.1) is 31.3 Å². The Balaban J connectivity index is 1.41. The first-order valence-corrected chi connectivity index (χ1v) is 14.2. The Morgan fingerprint density at radius 2 is 1.82 bits per heavy atom. The Kier molecular flexibility index (Phi) is 6.79. The number of Topliss-reactive ketones (excluding diaryl/α,β-unsaturated/α-hetero) is 1. The second kappa shape index (κ2) is 9.98. The lowest BCUT2D eigenvalue weighted by atomic mass is 10.0. The van der Waals surface area contributed by atoms with E-state index in [9.17, 15) is 22.0 Å². The monoisotopic (exact) mass is 567 g/mol. The number of benzene rings is 3. The number of ether oxygens (including phenoxy) is 1. The van der Waals surface area contributed by atoms with E-state index in [1.165, 1.54) is 30.7 Å². The lowest BCUT2D eigenvalue weighted by Crippen LogP contribution is -2.10. The van der Waals surface area contributed by atoms with Gasteiger partial charge in [-0.25, -0.2) is 21.9 Å². The zero-order chi connectivity index (χ0) is 28.9. The van der Waals surface area contributed by atoms with Crippen molar-refractivity contribution in [1.82, 2.24) is 9.78 Å². The number of carbonyl (C=O) groups excluding carboxylic acids is 1. The fraction of sp³-hybridized carbons (Fsp3) is 0.172. The Labute approximate surface area is 228 Å². The molecule has 0 amide bonds. The molecule has 1 heterocycles. The number of nitrogens with zero attached hydrogens (tertiary/aromatic N) is 2. The van der Waals surface area contributed by atoms with Gasteiger partial charge >= 0.3 is 0 Å². The van der Waals surface area contributed by atoms with Gasteiger partial charge in [-0.2, -0.15) is 9.49 Å². The quantitative estimate of drug-likeness (QED) is 0.290. The van der Waals surface area contributed by atoms with Gasteiger partial charge in [0.15, 0.2) is 33.0 Å². The SMILES string of the molecule is Cc1cc2c(cc1CS(C)(=O)=O)CC(C(=O)c1cnn(-c3c(C)cc(Oc4cccc(F)c4F)cc3F)c1N)=C2. The second-order valence-electron chi connectivity index (χ2n) is 9.80. The molecule has 4 aromatic rings. The maximum atomic E-state index is 15.2. The van der Waals surface area contributed by atoms with Gasteiger partial charge in [-0.05, 0) is 65.9 Å². The summed E-state index contributed by atoms with van der Waals surface area (Å²) in [7, 11) is -3.23. The minimum Gasteiger partial charge on any atom is -0.454 e.